The van der Waals surface area contributed by atoms with Gasteiger partial charge in [0.1, 0.15) is 0 Å². The van der Waals surface area contributed by atoms with Crippen LogP contribution in [0, 0.1) is 0 Å². The van der Waals surface area contributed by atoms with Gasteiger partial charge in [0.2, 0.25) is 0 Å². The van der Waals surface area contributed by atoms with Gasteiger partial charge >= 0.3 is 6.03 Å². The Morgan fingerprint density at radius 1 is 0.958 bits per heavy atom. The second-order valence-electron chi connectivity index (χ2n) is 6.28. The normalized spacial score (nSPS) is 14.1. The van der Waals surface area contributed by atoms with Crippen LogP contribution in [0.3, 0.4) is 0 Å². The monoisotopic (exact) mass is 320 g/mol. The van der Waals surface area contributed by atoms with Gasteiger partial charge in [0.25, 0.3) is 0 Å². The molecule has 2 aromatic carbocycles. The van der Waals surface area contributed by atoms with Gasteiger partial charge < -0.3 is 5.32 Å². The number of carbonyl (C=O) groups excluding carboxylic acids is 1. The zero-order valence-corrected chi connectivity index (χ0v) is 14.2. The number of rotatable bonds is 3. The first-order valence-corrected chi connectivity index (χ1v) is 8.62. The fraction of sp³-hybridized carbons (Fsp3) is 0.286. The van der Waals surface area contributed by atoms with Crippen molar-refractivity contribution in [1.82, 2.24) is 0 Å². The SMILES string of the molecule is CN(C(=O)Nc1ccccc1)c1ccccc1C=C1CCCCC1. The number of nitrogens with zero attached hydrogens (tertiary/aromatic N) is 1. The van der Waals surface area contributed by atoms with E-state index in [1.165, 1.54) is 37.7 Å². The minimum absolute atomic E-state index is 0.129. The molecule has 2 amide bonds. The first-order valence-electron chi connectivity index (χ1n) is 8.62. The fourth-order valence-corrected chi connectivity index (χ4v) is 3.12. The van der Waals surface area contributed by atoms with Crippen LogP contribution in [0.4, 0.5) is 16.2 Å². The first kappa shape index (κ1) is 16.3. The third-order valence-electron chi connectivity index (χ3n) is 4.48. The summed E-state index contributed by atoms with van der Waals surface area (Å²) in [6.07, 6.45) is 8.50. The van der Waals surface area contributed by atoms with Crippen molar-refractivity contribution in [3.8, 4) is 0 Å². The van der Waals surface area contributed by atoms with Crippen molar-refractivity contribution >= 4 is 23.5 Å². The predicted octanol–water partition coefficient (Wildman–Crippen LogP) is 5.70. The number of hydrogen-bond acceptors (Lipinski definition) is 1. The van der Waals surface area contributed by atoms with Crippen LogP contribution in [0.5, 0.6) is 0 Å². The molecule has 2 aromatic rings. The highest BCUT2D eigenvalue weighted by molar-refractivity contribution is 6.02. The van der Waals surface area contributed by atoms with Gasteiger partial charge in [0, 0.05) is 12.7 Å². The maximum absolute atomic E-state index is 12.6. The lowest BCUT2D eigenvalue weighted by Crippen LogP contribution is -2.31. The quantitative estimate of drug-likeness (QED) is 0.772. The molecule has 1 aliphatic rings. The molecule has 0 heterocycles. The zero-order valence-electron chi connectivity index (χ0n) is 14.2. The van der Waals surface area contributed by atoms with Gasteiger partial charge in [-0.15, -0.1) is 0 Å². The zero-order chi connectivity index (χ0) is 16.8. The van der Waals surface area contributed by atoms with Crippen molar-refractivity contribution in [1.29, 1.82) is 0 Å². The van der Waals surface area contributed by atoms with Crippen LogP contribution >= 0.6 is 0 Å². The van der Waals surface area contributed by atoms with Crippen LogP contribution in [0.1, 0.15) is 37.7 Å². The summed E-state index contributed by atoms with van der Waals surface area (Å²) in [6.45, 7) is 0. The fourth-order valence-electron chi connectivity index (χ4n) is 3.12. The summed E-state index contributed by atoms with van der Waals surface area (Å²) in [5.41, 5.74) is 4.34. The predicted molar refractivity (Wildman–Crippen MR) is 101 cm³/mol. The molecule has 24 heavy (non-hydrogen) atoms. The largest absolute Gasteiger partial charge is 0.326 e. The van der Waals surface area contributed by atoms with E-state index in [2.05, 4.69) is 17.5 Å². The van der Waals surface area contributed by atoms with E-state index >= 15 is 0 Å². The summed E-state index contributed by atoms with van der Waals surface area (Å²) in [5, 5.41) is 2.94. The summed E-state index contributed by atoms with van der Waals surface area (Å²) in [7, 11) is 1.82. The molecule has 0 bridgehead atoms. The lowest BCUT2D eigenvalue weighted by atomic mass is 9.93. The van der Waals surface area contributed by atoms with Gasteiger partial charge in [-0.05, 0) is 49.4 Å². The third kappa shape index (κ3) is 4.05. The maximum atomic E-state index is 12.6. The Kier molecular flexibility index (Phi) is 5.32. The Labute approximate surface area is 144 Å². The molecule has 3 heteroatoms. The summed E-state index contributed by atoms with van der Waals surface area (Å²) in [4.78, 5) is 14.2. The lowest BCUT2D eigenvalue weighted by molar-refractivity contribution is 0.258. The third-order valence-corrected chi connectivity index (χ3v) is 4.48. The van der Waals surface area contributed by atoms with Crippen molar-refractivity contribution in [2.45, 2.75) is 32.1 Å². The van der Waals surface area contributed by atoms with E-state index in [0.717, 1.165) is 16.9 Å². The van der Waals surface area contributed by atoms with Gasteiger partial charge in [-0.3, -0.25) is 4.90 Å². The van der Waals surface area contributed by atoms with Crippen molar-refractivity contribution in [3.63, 3.8) is 0 Å². The van der Waals surface area contributed by atoms with Gasteiger partial charge in [-0.1, -0.05) is 54.5 Å². The van der Waals surface area contributed by atoms with Crippen LogP contribution in [0.2, 0.25) is 0 Å². The summed E-state index contributed by atoms with van der Waals surface area (Å²) in [6, 6.07) is 17.5. The molecular formula is C21H24N2O. The molecule has 1 fully saturated rings. The van der Waals surface area contributed by atoms with E-state index in [4.69, 9.17) is 0 Å². The Balaban J connectivity index is 1.79. The van der Waals surface area contributed by atoms with Crippen molar-refractivity contribution in [2.75, 3.05) is 17.3 Å². The number of nitrogens with one attached hydrogen (secondary N) is 1. The van der Waals surface area contributed by atoms with Crippen molar-refractivity contribution in [3.05, 3.63) is 65.7 Å². The number of amides is 2. The Hall–Kier alpha value is -2.55. The number of anilines is 2. The maximum Gasteiger partial charge on any atom is 0.326 e. The van der Waals surface area contributed by atoms with E-state index in [9.17, 15) is 4.79 Å². The average molecular weight is 320 g/mol. The number of urea groups is 1. The van der Waals surface area contributed by atoms with Gasteiger partial charge in [0.05, 0.1) is 5.69 Å². The molecule has 1 saturated carbocycles. The molecule has 1 aliphatic carbocycles. The number of benzene rings is 2. The number of allylic oxidation sites excluding steroid dienone is 1. The Morgan fingerprint density at radius 3 is 2.38 bits per heavy atom. The highest BCUT2D eigenvalue weighted by atomic mass is 16.2. The van der Waals surface area contributed by atoms with E-state index in [0.29, 0.717) is 0 Å². The van der Waals surface area contributed by atoms with E-state index in [-0.39, 0.29) is 6.03 Å². The number of carbonyl (C=O) groups is 1. The Morgan fingerprint density at radius 2 is 1.62 bits per heavy atom. The highest BCUT2D eigenvalue weighted by Gasteiger charge is 2.14. The molecule has 0 radical (unpaired) electrons. The van der Waals surface area contributed by atoms with Gasteiger partial charge in [0.15, 0.2) is 0 Å². The molecule has 1 N–H and O–H groups in total. The molecule has 0 atom stereocenters. The molecule has 0 saturated heterocycles. The molecule has 0 aromatic heterocycles. The summed E-state index contributed by atoms with van der Waals surface area (Å²) in [5.74, 6) is 0. The number of para-hydroxylation sites is 2. The molecule has 0 aliphatic heterocycles. The lowest BCUT2D eigenvalue weighted by Gasteiger charge is -2.21. The second-order valence-corrected chi connectivity index (χ2v) is 6.28. The van der Waals surface area contributed by atoms with E-state index in [1.807, 2.05) is 55.6 Å². The smallest absolute Gasteiger partial charge is 0.308 e. The molecular weight excluding hydrogens is 296 g/mol. The van der Waals surface area contributed by atoms with Crippen LogP contribution in [0.25, 0.3) is 6.08 Å². The molecule has 3 rings (SSSR count). The minimum atomic E-state index is -0.129. The molecule has 124 valence electrons. The summed E-state index contributed by atoms with van der Waals surface area (Å²) < 4.78 is 0. The molecule has 0 spiro atoms. The topological polar surface area (TPSA) is 32.3 Å². The van der Waals surface area contributed by atoms with Gasteiger partial charge in [-0.2, -0.15) is 0 Å². The standard InChI is InChI=1S/C21H24N2O/c1-23(21(24)22-19-13-6-3-7-14-19)20-15-9-8-12-18(20)16-17-10-4-2-5-11-17/h3,6-9,12-16H,2,4-5,10-11H2,1H3,(H,22,24). The van der Waals surface area contributed by atoms with Crippen LogP contribution in [-0.2, 0) is 0 Å². The van der Waals surface area contributed by atoms with Crippen LogP contribution in [0.15, 0.2) is 60.2 Å². The van der Waals surface area contributed by atoms with E-state index in [1.54, 1.807) is 4.90 Å². The average Bonchev–Trinajstić information content (AvgIpc) is 2.63. The van der Waals surface area contributed by atoms with E-state index < -0.39 is 0 Å². The Bertz CT molecular complexity index is 714. The minimum Gasteiger partial charge on any atom is -0.308 e. The van der Waals surface area contributed by atoms with Crippen molar-refractivity contribution < 1.29 is 4.79 Å². The van der Waals surface area contributed by atoms with Crippen molar-refractivity contribution in [2.24, 2.45) is 0 Å². The number of hydrogen-bond donors (Lipinski definition) is 1. The van der Waals surface area contributed by atoms with Gasteiger partial charge in [-0.25, -0.2) is 4.79 Å². The summed E-state index contributed by atoms with van der Waals surface area (Å²) >= 11 is 0. The first-order chi connectivity index (χ1) is 11.7. The highest BCUT2D eigenvalue weighted by Crippen LogP contribution is 2.28. The van der Waals surface area contributed by atoms with Crippen LogP contribution in [-0.4, -0.2) is 13.1 Å². The second kappa shape index (κ2) is 7.82. The molecule has 3 nitrogen and oxygen atoms in total. The van der Waals surface area contributed by atoms with Crippen LogP contribution < -0.4 is 10.2 Å². The molecule has 0 unspecified atom stereocenters.